The van der Waals surface area contributed by atoms with Crippen LogP contribution in [-0.4, -0.2) is 69.0 Å². The number of anilines is 2. The van der Waals surface area contributed by atoms with Gasteiger partial charge in [-0.3, -0.25) is 25.1 Å². The molecule has 6 N–H and O–H groups in total. The number of halogens is 1. The Morgan fingerprint density at radius 3 is 2.62 bits per heavy atom. The van der Waals surface area contributed by atoms with E-state index in [0.29, 0.717) is 42.1 Å². The van der Waals surface area contributed by atoms with Crippen LogP contribution < -0.4 is 26.5 Å². The van der Waals surface area contributed by atoms with E-state index in [0.717, 1.165) is 35.6 Å². The first-order chi connectivity index (χ1) is 27.8. The number of nitrogens with zero attached hydrogens (tertiary/aromatic N) is 5. The molecule has 0 radical (unpaired) electrons. The van der Waals surface area contributed by atoms with Gasteiger partial charge in [-0.15, -0.1) is 5.10 Å². The Hall–Kier alpha value is -6.49. The molecule has 0 unspecified atom stereocenters. The summed E-state index contributed by atoms with van der Waals surface area (Å²) in [6.07, 6.45) is 6.69. The lowest BCUT2D eigenvalue weighted by atomic mass is 9.69. The molecule has 3 aromatic carbocycles. The number of nitrogens with two attached hydrogens (primary N) is 2. The number of nitrogens with one attached hydrogen (secondary N) is 2. The van der Waals surface area contributed by atoms with Crippen molar-refractivity contribution in [3.05, 3.63) is 107 Å². The monoisotopic (exact) mass is 806 g/mol. The van der Waals surface area contributed by atoms with Crippen molar-refractivity contribution in [1.82, 2.24) is 29.8 Å². The summed E-state index contributed by atoms with van der Waals surface area (Å²) in [7, 11) is -4.07. The molecule has 58 heavy (non-hydrogen) atoms. The van der Waals surface area contributed by atoms with Gasteiger partial charge >= 0.3 is 0 Å². The van der Waals surface area contributed by atoms with Gasteiger partial charge in [0.05, 0.1) is 27.2 Å². The van der Waals surface area contributed by atoms with Crippen LogP contribution in [0.4, 0.5) is 16.0 Å². The number of rotatable bonds is 12. The molecular formula is C41H41FN9O6S+. The van der Waals surface area contributed by atoms with Gasteiger partial charge in [0.1, 0.15) is 23.9 Å². The Morgan fingerprint density at radius 1 is 1.10 bits per heavy atom. The van der Waals surface area contributed by atoms with Crippen molar-refractivity contribution in [2.45, 2.75) is 80.4 Å². The third-order valence-electron chi connectivity index (χ3n) is 10.8. The van der Waals surface area contributed by atoms with E-state index >= 15 is 4.39 Å². The Morgan fingerprint density at radius 2 is 1.90 bits per heavy atom. The standard InChI is InChI=1S/C41H40FN9O6S/c1-22(2)57-37-36(28(18-43)19-44)45-21-51-38(37)48-41(49-51)46-33-9-7-30(17-32(33)42)58(55,56)29-5-3-4-23(15-29)12-24-13-26(14-24)25-6-8-31-27(16-25)20-50(40(31)54)34-10-11-35(52)47-39(34)53/h3-9,15-19,21-22,24,26,34,43H,10-14,20,44H2,1-2H3,(H,46,49)(H,47,52,53)/p+1/b28-19+,43-18?/t24?,26?,34-/m0/s1. The topological polar surface area (TPSA) is 217 Å². The van der Waals surface area contributed by atoms with Crippen LogP contribution in [0.25, 0.3) is 11.2 Å². The van der Waals surface area contributed by atoms with Crippen molar-refractivity contribution < 1.29 is 37.3 Å². The maximum atomic E-state index is 15.5. The van der Waals surface area contributed by atoms with Gasteiger partial charge in [-0.05, 0) is 104 Å². The lowest BCUT2D eigenvalue weighted by molar-refractivity contribution is -0.136. The number of sulfone groups is 1. The van der Waals surface area contributed by atoms with E-state index in [1.807, 2.05) is 38.1 Å². The summed E-state index contributed by atoms with van der Waals surface area (Å²) in [4.78, 5) is 47.4. The van der Waals surface area contributed by atoms with Crippen LogP contribution in [-0.2, 0) is 32.4 Å². The van der Waals surface area contributed by atoms with Crippen LogP contribution in [0.5, 0.6) is 5.75 Å². The summed E-state index contributed by atoms with van der Waals surface area (Å²) in [5.41, 5.74) is 10.2. The summed E-state index contributed by atoms with van der Waals surface area (Å²) in [5.74, 6) is -0.873. The van der Waals surface area contributed by atoms with Crippen LogP contribution >= 0.6 is 0 Å². The molecule has 4 heterocycles. The van der Waals surface area contributed by atoms with Gasteiger partial charge in [-0.2, -0.15) is 9.50 Å². The first-order valence-corrected chi connectivity index (χ1v) is 20.4. The number of allylic oxidation sites excluding steroid dienone is 1. The highest BCUT2D eigenvalue weighted by molar-refractivity contribution is 7.91. The maximum absolute atomic E-state index is 15.5. The van der Waals surface area contributed by atoms with Gasteiger partial charge in [-0.25, -0.2) is 17.8 Å². The van der Waals surface area contributed by atoms with Crippen LogP contribution in [0.1, 0.15) is 78.2 Å². The highest BCUT2D eigenvalue weighted by atomic mass is 32.2. The number of hydrogen-bond acceptors (Lipinski definition) is 11. The number of aromatic nitrogens is 4. The minimum atomic E-state index is -4.07. The van der Waals surface area contributed by atoms with Gasteiger partial charge < -0.3 is 20.7 Å². The van der Waals surface area contributed by atoms with E-state index in [2.05, 4.69) is 25.7 Å². The van der Waals surface area contributed by atoms with Gasteiger partial charge in [0.15, 0.2) is 12.0 Å². The molecule has 298 valence electrons. The highest BCUT2D eigenvalue weighted by Crippen LogP contribution is 2.44. The fraction of sp³-hybridized carbons (Fsp3) is 0.293. The minimum Gasteiger partial charge on any atom is -0.485 e. The normalized spacial score (nSPS) is 19.6. The average Bonchev–Trinajstić information content (AvgIpc) is 3.74. The zero-order chi connectivity index (χ0) is 40.9. The molecule has 3 amide bonds. The van der Waals surface area contributed by atoms with Crippen LogP contribution in [0, 0.1) is 11.7 Å². The first-order valence-electron chi connectivity index (χ1n) is 18.9. The third kappa shape index (κ3) is 7.17. The molecule has 8 rings (SSSR count). The average molecular weight is 807 g/mol. The van der Waals surface area contributed by atoms with E-state index in [1.54, 1.807) is 17.0 Å². The van der Waals surface area contributed by atoms with Crippen LogP contribution in [0.2, 0.25) is 0 Å². The number of hydrogen-bond donors (Lipinski definition) is 4. The number of fused-ring (bicyclic) bond motifs is 2. The predicted octanol–water partition coefficient (Wildman–Crippen LogP) is 3.25. The quantitative estimate of drug-likeness (QED) is 0.106. The van der Waals surface area contributed by atoms with E-state index in [-0.39, 0.29) is 63.1 Å². The maximum Gasteiger partial charge on any atom is 0.255 e. The summed E-state index contributed by atoms with van der Waals surface area (Å²) in [6, 6.07) is 15.5. The number of imide groups is 1. The molecule has 1 saturated heterocycles. The third-order valence-corrected chi connectivity index (χ3v) is 12.6. The first kappa shape index (κ1) is 38.4. The fourth-order valence-electron chi connectivity index (χ4n) is 7.87. The number of piperidine rings is 1. The van der Waals surface area contributed by atoms with Crippen molar-refractivity contribution in [1.29, 1.82) is 0 Å². The largest absolute Gasteiger partial charge is 0.485 e. The van der Waals surface area contributed by atoms with Crippen LogP contribution in [0.3, 0.4) is 0 Å². The second kappa shape index (κ2) is 15.1. The molecule has 5 aromatic rings. The SMILES string of the molecule is CC(C)Oc1c(/C(C=[NH2+])=C/N)ncn2nc(Nc3ccc(S(=O)(=O)c4cccc(CC5CC(c6ccc7c(c6)CN([C@H]6CCC(=O)NC6=O)C7=O)C5)c4)cc3F)nc12. The van der Waals surface area contributed by atoms with E-state index in [4.69, 9.17) is 15.9 Å². The van der Waals surface area contributed by atoms with Gasteiger partial charge in [-0.1, -0.05) is 24.3 Å². The van der Waals surface area contributed by atoms with Crippen LogP contribution in [0.15, 0.2) is 83.0 Å². The molecule has 1 saturated carbocycles. The molecular weight excluding hydrogens is 766 g/mol. The zero-order valence-electron chi connectivity index (χ0n) is 31.7. The summed E-state index contributed by atoms with van der Waals surface area (Å²) < 4.78 is 50.4. The smallest absolute Gasteiger partial charge is 0.255 e. The van der Waals surface area contributed by atoms with Crippen molar-refractivity contribution in [3.8, 4) is 5.75 Å². The molecule has 1 aliphatic carbocycles. The van der Waals surface area contributed by atoms with E-state index in [1.165, 1.54) is 41.5 Å². The van der Waals surface area contributed by atoms with E-state index < -0.39 is 27.6 Å². The highest BCUT2D eigenvalue weighted by Gasteiger charge is 2.40. The molecule has 15 nitrogen and oxygen atoms in total. The van der Waals surface area contributed by atoms with Crippen molar-refractivity contribution in [3.63, 3.8) is 0 Å². The Kier molecular flexibility index (Phi) is 10.0. The number of ether oxygens (including phenoxy) is 1. The number of carbonyl (C=O) groups excluding carboxylic acids is 3. The molecule has 1 atom stereocenters. The molecule has 2 aromatic heterocycles. The number of benzene rings is 3. The summed E-state index contributed by atoms with van der Waals surface area (Å²) in [6.45, 7) is 3.99. The van der Waals surface area contributed by atoms with Gasteiger partial charge in [0, 0.05) is 24.7 Å². The van der Waals surface area contributed by atoms with Crippen molar-refractivity contribution in [2.75, 3.05) is 5.32 Å². The Labute approximate surface area is 332 Å². The molecule has 2 aliphatic heterocycles. The summed E-state index contributed by atoms with van der Waals surface area (Å²) in [5, 5.41) is 15.2. The van der Waals surface area contributed by atoms with Gasteiger partial charge in [0.2, 0.25) is 33.2 Å². The number of carbonyl (C=O) groups is 3. The molecule has 2 fully saturated rings. The minimum absolute atomic E-state index is 0.0192. The lowest BCUT2D eigenvalue weighted by Gasteiger charge is -2.36. The number of amides is 3. The van der Waals surface area contributed by atoms with Crippen molar-refractivity contribution >= 4 is 56.6 Å². The zero-order valence-corrected chi connectivity index (χ0v) is 32.5. The molecule has 3 aliphatic rings. The molecule has 0 spiro atoms. The lowest BCUT2D eigenvalue weighted by Crippen LogP contribution is -2.52. The summed E-state index contributed by atoms with van der Waals surface area (Å²) >= 11 is 0. The predicted molar refractivity (Wildman–Crippen MR) is 210 cm³/mol. The molecule has 0 bridgehead atoms. The fourth-order valence-corrected chi connectivity index (χ4v) is 9.21. The van der Waals surface area contributed by atoms with Crippen molar-refractivity contribution in [2.24, 2.45) is 11.7 Å². The van der Waals surface area contributed by atoms with Gasteiger partial charge in [0.25, 0.3) is 5.91 Å². The second-order valence-corrected chi connectivity index (χ2v) is 17.0. The molecule has 17 heteroatoms. The second-order valence-electron chi connectivity index (χ2n) is 15.1. The Balaban J connectivity index is 0.920. The van der Waals surface area contributed by atoms with E-state index in [9.17, 15) is 22.8 Å². The Bertz CT molecular complexity index is 2660.